The Labute approximate surface area is 175 Å². The van der Waals surface area contributed by atoms with E-state index in [-0.39, 0.29) is 21.9 Å². The van der Waals surface area contributed by atoms with Crippen molar-refractivity contribution in [3.63, 3.8) is 0 Å². The van der Waals surface area contributed by atoms with Crippen LogP contribution in [0.3, 0.4) is 0 Å². The Morgan fingerprint density at radius 3 is 2.41 bits per heavy atom. The lowest BCUT2D eigenvalue weighted by atomic mass is 10.2. The van der Waals surface area contributed by atoms with Crippen molar-refractivity contribution in [2.75, 3.05) is 19.8 Å². The minimum Gasteiger partial charge on any atom is -0.492 e. The van der Waals surface area contributed by atoms with E-state index in [4.69, 9.17) is 49.1 Å². The van der Waals surface area contributed by atoms with Crippen LogP contribution in [0.5, 0.6) is 11.5 Å². The normalized spacial score (nSPS) is 10.3. The molecule has 0 aromatic heterocycles. The highest BCUT2D eigenvalue weighted by molar-refractivity contribution is 6.55. The molecule has 0 fully saturated rings. The van der Waals surface area contributed by atoms with E-state index in [1.807, 2.05) is 13.8 Å². The first-order chi connectivity index (χ1) is 12.8. The van der Waals surface area contributed by atoms with Crippen LogP contribution >= 0.6 is 34.8 Å². The van der Waals surface area contributed by atoms with Crippen LogP contribution in [0.1, 0.15) is 45.1 Å². The van der Waals surface area contributed by atoms with Gasteiger partial charge in [-0.05, 0) is 64.2 Å². The second kappa shape index (κ2) is 13.1. The van der Waals surface area contributed by atoms with Gasteiger partial charge in [0.1, 0.15) is 28.5 Å². The van der Waals surface area contributed by atoms with Gasteiger partial charge in [-0.3, -0.25) is 0 Å². The van der Waals surface area contributed by atoms with Crippen LogP contribution in [0.4, 0.5) is 4.39 Å². The first kappa shape index (κ1) is 23.9. The van der Waals surface area contributed by atoms with E-state index >= 15 is 0 Å². The highest BCUT2D eigenvalue weighted by Gasteiger charge is 2.17. The highest BCUT2D eigenvalue weighted by atomic mass is 35.5. The van der Waals surface area contributed by atoms with E-state index in [9.17, 15) is 4.39 Å². The molecule has 1 aromatic carbocycles. The number of halogens is 4. The number of oxime groups is 1. The molecule has 0 heterocycles. The molecule has 0 aliphatic heterocycles. The summed E-state index contributed by atoms with van der Waals surface area (Å²) < 4.78 is 25.3. The van der Waals surface area contributed by atoms with Crippen LogP contribution < -0.4 is 9.47 Å². The fraction of sp³-hybridized carbons (Fsp3) is 0.526. The second-order valence-corrected chi connectivity index (χ2v) is 7.47. The number of rotatable bonds is 12. The van der Waals surface area contributed by atoms with E-state index in [0.29, 0.717) is 24.5 Å². The van der Waals surface area contributed by atoms with Crippen molar-refractivity contribution in [3.8, 4) is 11.5 Å². The van der Waals surface area contributed by atoms with Crippen LogP contribution in [0, 0.1) is 12.7 Å². The zero-order valence-corrected chi connectivity index (χ0v) is 18.1. The maximum Gasteiger partial charge on any atom is 0.187 e. The van der Waals surface area contributed by atoms with Crippen molar-refractivity contribution >= 4 is 40.5 Å². The molecule has 0 saturated heterocycles. The number of hydrogen-bond donors (Lipinski definition) is 0. The topological polar surface area (TPSA) is 40.0 Å². The SMILES string of the molecule is CC(C)=NOCCCCCCOc1c(C)cc(OCC=C(Cl)Cl)c(F)c1Cl. The summed E-state index contributed by atoms with van der Waals surface area (Å²) in [6, 6.07) is 1.54. The van der Waals surface area contributed by atoms with Crippen molar-refractivity contribution in [3.05, 3.63) is 33.0 Å². The van der Waals surface area contributed by atoms with Gasteiger partial charge in [-0.2, -0.15) is 0 Å². The summed E-state index contributed by atoms with van der Waals surface area (Å²) in [7, 11) is 0. The average Bonchev–Trinajstić information content (AvgIpc) is 2.59. The number of aryl methyl sites for hydroxylation is 1. The van der Waals surface area contributed by atoms with Crippen LogP contribution in [-0.2, 0) is 4.84 Å². The van der Waals surface area contributed by atoms with Gasteiger partial charge in [-0.15, -0.1) is 0 Å². The zero-order valence-electron chi connectivity index (χ0n) is 15.8. The van der Waals surface area contributed by atoms with Crippen molar-refractivity contribution < 1.29 is 18.7 Å². The summed E-state index contributed by atoms with van der Waals surface area (Å²) >= 11 is 17.1. The summed E-state index contributed by atoms with van der Waals surface area (Å²) in [5.41, 5.74) is 1.59. The second-order valence-electron chi connectivity index (χ2n) is 6.09. The van der Waals surface area contributed by atoms with Crippen LogP contribution in [0.25, 0.3) is 0 Å². The molecule has 0 amide bonds. The van der Waals surface area contributed by atoms with Crippen molar-refractivity contribution in [1.82, 2.24) is 0 Å². The Kier molecular flexibility index (Phi) is 11.6. The summed E-state index contributed by atoms with van der Waals surface area (Å²) in [5.74, 6) is -0.301. The molecule has 27 heavy (non-hydrogen) atoms. The van der Waals surface area contributed by atoms with Crippen LogP contribution in [-0.4, -0.2) is 25.5 Å². The number of hydrogen-bond acceptors (Lipinski definition) is 4. The number of nitrogens with zero attached hydrogens (tertiary/aromatic N) is 1. The van der Waals surface area contributed by atoms with Gasteiger partial charge in [0, 0.05) is 0 Å². The number of benzene rings is 1. The third-order valence-electron chi connectivity index (χ3n) is 3.41. The van der Waals surface area contributed by atoms with E-state index in [2.05, 4.69) is 5.16 Å². The van der Waals surface area contributed by atoms with Gasteiger partial charge >= 0.3 is 0 Å². The molecule has 152 valence electrons. The molecule has 0 radical (unpaired) electrons. The molecule has 4 nitrogen and oxygen atoms in total. The van der Waals surface area contributed by atoms with Gasteiger partial charge in [-0.25, -0.2) is 4.39 Å². The largest absolute Gasteiger partial charge is 0.492 e. The van der Waals surface area contributed by atoms with Crippen molar-refractivity contribution in [2.24, 2.45) is 5.16 Å². The molecule has 1 aromatic rings. The van der Waals surface area contributed by atoms with E-state index in [1.54, 1.807) is 13.0 Å². The third kappa shape index (κ3) is 9.54. The minimum atomic E-state index is -0.666. The smallest absolute Gasteiger partial charge is 0.187 e. The van der Waals surface area contributed by atoms with Gasteiger partial charge in [0.15, 0.2) is 11.6 Å². The molecule has 0 spiro atoms. The monoisotopic (exact) mass is 439 g/mol. The molecule has 0 atom stereocenters. The highest BCUT2D eigenvalue weighted by Crippen LogP contribution is 2.37. The summed E-state index contributed by atoms with van der Waals surface area (Å²) in [6.07, 6.45) is 5.16. The average molecular weight is 441 g/mol. The predicted molar refractivity (Wildman–Crippen MR) is 110 cm³/mol. The van der Waals surface area contributed by atoms with E-state index in [0.717, 1.165) is 31.4 Å². The number of ether oxygens (including phenoxy) is 2. The van der Waals surface area contributed by atoms with Gasteiger partial charge < -0.3 is 14.3 Å². The van der Waals surface area contributed by atoms with Gasteiger partial charge in [0.05, 0.1) is 12.3 Å². The molecular weight excluding hydrogens is 416 g/mol. The quantitative estimate of drug-likeness (QED) is 0.203. The van der Waals surface area contributed by atoms with Gasteiger partial charge in [0.2, 0.25) is 0 Å². The summed E-state index contributed by atoms with van der Waals surface area (Å²) in [6.45, 7) is 6.66. The van der Waals surface area contributed by atoms with E-state index < -0.39 is 5.82 Å². The fourth-order valence-corrected chi connectivity index (χ4v) is 2.58. The zero-order chi connectivity index (χ0) is 20.2. The maximum atomic E-state index is 14.3. The molecule has 0 unspecified atom stereocenters. The first-order valence-corrected chi connectivity index (χ1v) is 9.84. The van der Waals surface area contributed by atoms with Crippen molar-refractivity contribution in [1.29, 1.82) is 0 Å². The molecule has 0 bridgehead atoms. The lowest BCUT2D eigenvalue weighted by Crippen LogP contribution is -2.03. The molecule has 0 saturated carbocycles. The first-order valence-electron chi connectivity index (χ1n) is 8.71. The van der Waals surface area contributed by atoms with E-state index in [1.165, 1.54) is 6.08 Å². The molecular formula is C19H25Cl3FNO3. The molecule has 1 rings (SSSR count). The third-order valence-corrected chi connectivity index (χ3v) is 4.06. The Hall–Kier alpha value is -1.17. The Bertz CT molecular complexity index is 658. The lowest BCUT2D eigenvalue weighted by Gasteiger charge is -2.14. The molecule has 0 N–H and O–H groups in total. The molecule has 0 aliphatic carbocycles. The fourth-order valence-electron chi connectivity index (χ4n) is 2.15. The Balaban J connectivity index is 2.41. The lowest BCUT2D eigenvalue weighted by molar-refractivity contribution is 0.139. The maximum absolute atomic E-state index is 14.3. The van der Waals surface area contributed by atoms with Gasteiger partial charge in [-0.1, -0.05) is 40.0 Å². The Morgan fingerprint density at radius 2 is 1.78 bits per heavy atom. The summed E-state index contributed by atoms with van der Waals surface area (Å²) in [5, 5.41) is 3.78. The van der Waals surface area contributed by atoms with Crippen LogP contribution in [0.2, 0.25) is 5.02 Å². The standard InChI is InChI=1S/C19H25Cl3FNO3/c1-13(2)24-27-10-7-5-4-6-9-26-19-14(3)12-15(18(23)17(19)22)25-11-8-16(20)21/h8,12H,4-7,9-11H2,1-3H3. The minimum absolute atomic E-state index is 0.0284. The molecule has 0 aliphatic rings. The summed E-state index contributed by atoms with van der Waals surface area (Å²) in [4.78, 5) is 5.14. The van der Waals surface area contributed by atoms with Gasteiger partial charge in [0.25, 0.3) is 0 Å². The van der Waals surface area contributed by atoms with Crippen LogP contribution in [0.15, 0.2) is 21.8 Å². The molecule has 8 heteroatoms. The van der Waals surface area contributed by atoms with Crippen molar-refractivity contribution in [2.45, 2.75) is 46.5 Å². The number of unbranched alkanes of at least 4 members (excludes halogenated alkanes) is 3. The predicted octanol–water partition coefficient (Wildman–Crippen LogP) is 6.84. The Morgan fingerprint density at radius 1 is 1.11 bits per heavy atom.